The summed E-state index contributed by atoms with van der Waals surface area (Å²) in [5.41, 5.74) is 1.26. The number of H-pyrrole nitrogens is 1. The van der Waals surface area contributed by atoms with E-state index in [9.17, 15) is 0 Å². The van der Waals surface area contributed by atoms with E-state index in [0.29, 0.717) is 0 Å². The van der Waals surface area contributed by atoms with E-state index in [1.54, 1.807) is 11.3 Å². The first-order chi connectivity index (χ1) is 5.75. The number of nitrogens with one attached hydrogen (secondary N) is 1. The van der Waals surface area contributed by atoms with E-state index in [2.05, 4.69) is 33.6 Å². The van der Waals surface area contributed by atoms with Crippen LogP contribution in [0, 0.1) is 13.8 Å². The normalized spacial score (nSPS) is 10.5. The van der Waals surface area contributed by atoms with Crippen molar-refractivity contribution in [2.75, 3.05) is 0 Å². The van der Waals surface area contributed by atoms with Gasteiger partial charge in [0.1, 0.15) is 5.82 Å². The highest BCUT2D eigenvalue weighted by atomic mass is 32.1. The van der Waals surface area contributed by atoms with E-state index in [-0.39, 0.29) is 0 Å². The van der Waals surface area contributed by atoms with Crippen molar-refractivity contribution in [2.45, 2.75) is 13.8 Å². The smallest absolute Gasteiger partial charge is 0.191 e. The summed E-state index contributed by atoms with van der Waals surface area (Å²) in [4.78, 5) is 5.36. The lowest BCUT2D eigenvalue weighted by molar-refractivity contribution is 1.04. The lowest BCUT2D eigenvalue weighted by atomic mass is 10.3. The summed E-state index contributed by atoms with van der Waals surface area (Å²) in [5, 5.41) is 8.99. The molecular formula is C8H9N3S. The highest BCUT2D eigenvalue weighted by molar-refractivity contribution is 7.13. The van der Waals surface area contributed by atoms with Crippen LogP contribution in [0.3, 0.4) is 0 Å². The van der Waals surface area contributed by atoms with E-state index >= 15 is 0 Å². The van der Waals surface area contributed by atoms with Gasteiger partial charge in [0.05, 0.1) is 4.88 Å². The molecule has 1 N–H and O–H groups in total. The third kappa shape index (κ3) is 1.25. The van der Waals surface area contributed by atoms with Crippen molar-refractivity contribution < 1.29 is 0 Å². The molecule has 3 nitrogen and oxygen atoms in total. The topological polar surface area (TPSA) is 41.6 Å². The van der Waals surface area contributed by atoms with Gasteiger partial charge in [0, 0.05) is 0 Å². The second-order valence-electron chi connectivity index (χ2n) is 2.73. The van der Waals surface area contributed by atoms with Crippen LogP contribution in [0.4, 0.5) is 0 Å². The van der Waals surface area contributed by atoms with Gasteiger partial charge in [0.2, 0.25) is 0 Å². The molecule has 0 atom stereocenters. The Hall–Kier alpha value is -1.16. The van der Waals surface area contributed by atoms with Crippen molar-refractivity contribution >= 4 is 11.3 Å². The predicted molar refractivity (Wildman–Crippen MR) is 49.2 cm³/mol. The van der Waals surface area contributed by atoms with E-state index in [1.165, 1.54) is 5.56 Å². The Balaban J connectivity index is 2.43. The minimum Gasteiger partial charge on any atom is -0.263 e. The Morgan fingerprint density at radius 3 is 2.75 bits per heavy atom. The maximum Gasteiger partial charge on any atom is 0.191 e. The van der Waals surface area contributed by atoms with Crippen LogP contribution in [0.5, 0.6) is 0 Å². The van der Waals surface area contributed by atoms with Crippen LogP contribution < -0.4 is 0 Å². The molecule has 2 aromatic rings. The van der Waals surface area contributed by atoms with E-state index in [0.717, 1.165) is 16.5 Å². The minimum atomic E-state index is 0.797. The van der Waals surface area contributed by atoms with Gasteiger partial charge in [-0.1, -0.05) is 0 Å². The number of rotatable bonds is 1. The predicted octanol–water partition coefficient (Wildman–Crippen LogP) is 2.15. The molecule has 2 aromatic heterocycles. The molecule has 0 aliphatic carbocycles. The fourth-order valence-corrected chi connectivity index (χ4v) is 1.83. The van der Waals surface area contributed by atoms with Crippen LogP contribution in [0.25, 0.3) is 10.7 Å². The molecule has 0 unspecified atom stereocenters. The first kappa shape index (κ1) is 7.49. The Morgan fingerprint density at radius 1 is 1.42 bits per heavy atom. The first-order valence-electron chi connectivity index (χ1n) is 3.70. The van der Waals surface area contributed by atoms with Crippen LogP contribution in [-0.2, 0) is 0 Å². The largest absolute Gasteiger partial charge is 0.263 e. The number of aromatic amines is 1. The van der Waals surface area contributed by atoms with Crippen molar-refractivity contribution in [1.82, 2.24) is 15.2 Å². The summed E-state index contributed by atoms with van der Waals surface area (Å²) < 4.78 is 0. The van der Waals surface area contributed by atoms with E-state index < -0.39 is 0 Å². The summed E-state index contributed by atoms with van der Waals surface area (Å²) >= 11 is 1.67. The second kappa shape index (κ2) is 2.71. The molecule has 0 aliphatic rings. The zero-order chi connectivity index (χ0) is 8.55. The molecular weight excluding hydrogens is 170 g/mol. The molecule has 0 amide bonds. The number of hydrogen-bond donors (Lipinski definition) is 1. The van der Waals surface area contributed by atoms with Crippen LogP contribution >= 0.6 is 11.3 Å². The maximum atomic E-state index is 4.24. The van der Waals surface area contributed by atoms with Gasteiger partial charge in [0.25, 0.3) is 0 Å². The molecule has 0 spiro atoms. The van der Waals surface area contributed by atoms with Crippen molar-refractivity contribution in [3.63, 3.8) is 0 Å². The van der Waals surface area contributed by atoms with Gasteiger partial charge in [-0.25, -0.2) is 4.98 Å². The average Bonchev–Trinajstić information content (AvgIpc) is 2.58. The molecule has 0 aromatic carbocycles. The Kier molecular flexibility index (Phi) is 1.69. The molecule has 0 saturated carbocycles. The van der Waals surface area contributed by atoms with Gasteiger partial charge in [-0.2, -0.15) is 5.10 Å². The monoisotopic (exact) mass is 179 g/mol. The van der Waals surface area contributed by atoms with Gasteiger partial charge in [-0.3, -0.25) is 5.10 Å². The SMILES string of the molecule is Cc1csc(-c2n[nH]c(C)n2)c1. The van der Waals surface area contributed by atoms with Gasteiger partial charge in [0.15, 0.2) is 5.82 Å². The van der Waals surface area contributed by atoms with Gasteiger partial charge in [-0.05, 0) is 30.9 Å². The standard InChI is InChI=1S/C8H9N3S/c1-5-3-7(12-4-5)8-9-6(2)10-11-8/h3-4H,1-2H3,(H,9,10,11). The van der Waals surface area contributed by atoms with Crippen molar-refractivity contribution in [1.29, 1.82) is 0 Å². The summed E-state index contributed by atoms with van der Waals surface area (Å²) in [5.74, 6) is 1.65. The Morgan fingerprint density at radius 2 is 2.25 bits per heavy atom. The van der Waals surface area contributed by atoms with E-state index in [4.69, 9.17) is 0 Å². The lowest BCUT2D eigenvalue weighted by Crippen LogP contribution is -1.74. The second-order valence-corrected chi connectivity index (χ2v) is 3.64. The molecule has 12 heavy (non-hydrogen) atoms. The number of hydrogen-bond acceptors (Lipinski definition) is 3. The quantitative estimate of drug-likeness (QED) is 0.728. The molecule has 0 bridgehead atoms. The first-order valence-corrected chi connectivity index (χ1v) is 4.58. The van der Waals surface area contributed by atoms with Crippen LogP contribution in [-0.4, -0.2) is 15.2 Å². The zero-order valence-electron chi connectivity index (χ0n) is 6.96. The molecule has 0 radical (unpaired) electrons. The highest BCUT2D eigenvalue weighted by Gasteiger charge is 2.04. The summed E-state index contributed by atoms with van der Waals surface area (Å²) in [6.45, 7) is 3.97. The fraction of sp³-hybridized carbons (Fsp3) is 0.250. The molecule has 0 aliphatic heterocycles. The van der Waals surface area contributed by atoms with Gasteiger partial charge < -0.3 is 0 Å². The number of thiophene rings is 1. The Bertz CT molecular complexity index is 350. The number of aryl methyl sites for hydroxylation is 2. The van der Waals surface area contributed by atoms with Crippen molar-refractivity contribution in [3.05, 3.63) is 22.8 Å². The van der Waals surface area contributed by atoms with Gasteiger partial charge in [-0.15, -0.1) is 11.3 Å². The zero-order valence-corrected chi connectivity index (χ0v) is 7.77. The summed E-state index contributed by atoms with van der Waals surface area (Å²) in [6, 6.07) is 2.09. The summed E-state index contributed by atoms with van der Waals surface area (Å²) in [7, 11) is 0. The fourth-order valence-electron chi connectivity index (χ4n) is 1.00. The van der Waals surface area contributed by atoms with Crippen LogP contribution in [0.2, 0.25) is 0 Å². The minimum absolute atomic E-state index is 0.797. The van der Waals surface area contributed by atoms with Crippen LogP contribution in [0.15, 0.2) is 11.4 Å². The third-order valence-electron chi connectivity index (χ3n) is 1.55. The number of nitrogens with zero attached hydrogens (tertiary/aromatic N) is 2. The molecule has 2 heterocycles. The Labute approximate surface area is 74.5 Å². The van der Waals surface area contributed by atoms with Crippen molar-refractivity contribution in [3.8, 4) is 10.7 Å². The maximum absolute atomic E-state index is 4.24. The molecule has 4 heteroatoms. The van der Waals surface area contributed by atoms with Crippen LogP contribution in [0.1, 0.15) is 11.4 Å². The number of aromatic nitrogens is 3. The highest BCUT2D eigenvalue weighted by Crippen LogP contribution is 2.23. The molecule has 0 saturated heterocycles. The molecule has 0 fully saturated rings. The van der Waals surface area contributed by atoms with Gasteiger partial charge >= 0.3 is 0 Å². The van der Waals surface area contributed by atoms with E-state index in [1.807, 2.05) is 6.92 Å². The molecule has 62 valence electrons. The third-order valence-corrected chi connectivity index (χ3v) is 2.59. The average molecular weight is 179 g/mol. The van der Waals surface area contributed by atoms with Crippen molar-refractivity contribution in [2.24, 2.45) is 0 Å². The molecule has 2 rings (SSSR count). The summed E-state index contributed by atoms with van der Waals surface area (Å²) in [6.07, 6.45) is 0. The lowest BCUT2D eigenvalue weighted by Gasteiger charge is -1.83.